The molecule has 3 amide bonds. The highest BCUT2D eigenvalue weighted by Gasteiger charge is 2.18. The molecule has 0 spiro atoms. The molecule has 146 valence electrons. The Labute approximate surface area is 164 Å². The molecule has 2 aromatic rings. The van der Waals surface area contributed by atoms with E-state index in [1.54, 1.807) is 24.3 Å². The zero-order valence-corrected chi connectivity index (χ0v) is 15.8. The number of hydrogen-bond acceptors (Lipinski definition) is 4. The van der Waals surface area contributed by atoms with Gasteiger partial charge in [-0.25, -0.2) is 0 Å². The molecule has 7 nitrogen and oxygen atoms in total. The molecule has 0 aromatic heterocycles. The van der Waals surface area contributed by atoms with Crippen LogP contribution in [-0.2, 0) is 27.2 Å². The molecule has 1 aliphatic rings. The van der Waals surface area contributed by atoms with E-state index in [0.29, 0.717) is 5.69 Å². The second kappa shape index (κ2) is 9.03. The minimum Gasteiger partial charge on any atom is -0.362 e. The van der Waals surface area contributed by atoms with Gasteiger partial charge in [0.15, 0.2) is 0 Å². The minimum atomic E-state index is -0.306. The van der Waals surface area contributed by atoms with Crippen LogP contribution in [-0.4, -0.2) is 30.8 Å². The molecule has 3 rings (SSSR count). The summed E-state index contributed by atoms with van der Waals surface area (Å²) in [5, 5.41) is 2.67. The lowest BCUT2D eigenvalue weighted by Crippen LogP contribution is -2.47. The fraction of sp³-hybridized carbons (Fsp3) is 0.286. The Balaban J connectivity index is 1.46. The Morgan fingerprint density at radius 3 is 2.43 bits per heavy atom. The molecule has 0 atom stereocenters. The number of benzene rings is 2. The maximum absolute atomic E-state index is 12.2. The first-order valence-corrected chi connectivity index (χ1v) is 9.28. The number of para-hydroxylation sites is 1. The number of fused-ring (bicyclic) bond motifs is 1. The van der Waals surface area contributed by atoms with Gasteiger partial charge < -0.3 is 10.2 Å². The maximum atomic E-state index is 12.2. The zero-order chi connectivity index (χ0) is 19.9. The van der Waals surface area contributed by atoms with Crippen molar-refractivity contribution in [3.63, 3.8) is 0 Å². The number of nitrogens with one attached hydrogen (secondary N) is 3. The van der Waals surface area contributed by atoms with Gasteiger partial charge in [0.1, 0.15) is 0 Å². The number of rotatable bonds is 5. The van der Waals surface area contributed by atoms with Crippen LogP contribution in [0.5, 0.6) is 0 Å². The molecule has 0 bridgehead atoms. The van der Waals surface area contributed by atoms with E-state index in [9.17, 15) is 14.4 Å². The molecular formula is C21H24N4O3. The molecule has 1 aliphatic heterocycles. The van der Waals surface area contributed by atoms with Crippen molar-refractivity contribution < 1.29 is 14.4 Å². The van der Waals surface area contributed by atoms with Crippen LogP contribution >= 0.6 is 0 Å². The summed E-state index contributed by atoms with van der Waals surface area (Å²) in [6.07, 6.45) is 2.16. The van der Waals surface area contributed by atoms with Gasteiger partial charge in [0.25, 0.3) is 5.91 Å². The highest BCUT2D eigenvalue weighted by molar-refractivity contribution is 5.89. The van der Waals surface area contributed by atoms with Crippen molar-refractivity contribution >= 4 is 29.1 Å². The summed E-state index contributed by atoms with van der Waals surface area (Å²) in [4.78, 5) is 37.3. The van der Waals surface area contributed by atoms with Gasteiger partial charge in [-0.2, -0.15) is 0 Å². The Hall–Kier alpha value is -3.35. The molecule has 2 aromatic carbocycles. The van der Waals surface area contributed by atoms with Crippen molar-refractivity contribution in [1.82, 2.24) is 10.9 Å². The van der Waals surface area contributed by atoms with Crippen molar-refractivity contribution in [2.75, 3.05) is 23.3 Å². The van der Waals surface area contributed by atoms with Gasteiger partial charge in [-0.3, -0.25) is 25.2 Å². The second-order valence-corrected chi connectivity index (χ2v) is 6.81. The first kappa shape index (κ1) is 19.4. The number of hydrazine groups is 1. The first-order valence-electron chi connectivity index (χ1n) is 9.28. The number of anilines is 2. The van der Waals surface area contributed by atoms with E-state index in [2.05, 4.69) is 22.2 Å². The summed E-state index contributed by atoms with van der Waals surface area (Å²) >= 11 is 0. The third-order valence-electron chi connectivity index (χ3n) is 4.52. The summed E-state index contributed by atoms with van der Waals surface area (Å²) in [5.74, 6) is -0.713. The zero-order valence-electron chi connectivity index (χ0n) is 15.8. The van der Waals surface area contributed by atoms with E-state index in [0.717, 1.165) is 30.6 Å². The quantitative estimate of drug-likeness (QED) is 0.690. The van der Waals surface area contributed by atoms with Crippen LogP contribution in [0.15, 0.2) is 48.5 Å². The molecule has 1 heterocycles. The number of carbonyl (C=O) groups is 3. The molecule has 0 unspecified atom stereocenters. The third-order valence-corrected chi connectivity index (χ3v) is 4.52. The Bertz CT molecular complexity index is 864. The summed E-state index contributed by atoms with van der Waals surface area (Å²) in [6, 6.07) is 15.1. The van der Waals surface area contributed by atoms with E-state index in [1.165, 1.54) is 12.5 Å². The highest BCUT2D eigenvalue weighted by atomic mass is 16.2. The lowest BCUT2D eigenvalue weighted by atomic mass is 10.0. The van der Waals surface area contributed by atoms with Crippen LogP contribution in [0.1, 0.15) is 24.5 Å². The second-order valence-electron chi connectivity index (χ2n) is 6.81. The fourth-order valence-corrected chi connectivity index (χ4v) is 3.27. The molecular weight excluding hydrogens is 356 g/mol. The third kappa shape index (κ3) is 5.33. The van der Waals surface area contributed by atoms with Crippen LogP contribution in [0, 0.1) is 0 Å². The first-order chi connectivity index (χ1) is 13.5. The number of nitrogens with zero attached hydrogens (tertiary/aromatic N) is 1. The van der Waals surface area contributed by atoms with Gasteiger partial charge in [-0.05, 0) is 42.2 Å². The minimum absolute atomic E-state index is 0.132. The van der Waals surface area contributed by atoms with E-state index in [1.807, 2.05) is 23.1 Å². The number of carbonyl (C=O) groups excluding carboxylic acids is 3. The number of amides is 3. The predicted octanol–water partition coefficient (Wildman–Crippen LogP) is 1.79. The average molecular weight is 380 g/mol. The van der Waals surface area contributed by atoms with Gasteiger partial charge in [0.2, 0.25) is 11.8 Å². The Morgan fingerprint density at radius 2 is 1.68 bits per heavy atom. The van der Waals surface area contributed by atoms with Crippen molar-refractivity contribution in [3.8, 4) is 0 Å². The van der Waals surface area contributed by atoms with Gasteiger partial charge in [0, 0.05) is 24.8 Å². The predicted molar refractivity (Wildman–Crippen MR) is 108 cm³/mol. The van der Waals surface area contributed by atoms with Crippen molar-refractivity contribution in [1.29, 1.82) is 0 Å². The highest BCUT2D eigenvalue weighted by Crippen LogP contribution is 2.26. The van der Waals surface area contributed by atoms with Crippen LogP contribution in [0.2, 0.25) is 0 Å². The largest absolute Gasteiger partial charge is 0.362 e. The van der Waals surface area contributed by atoms with Crippen LogP contribution in [0.4, 0.5) is 11.4 Å². The van der Waals surface area contributed by atoms with Gasteiger partial charge in [0.05, 0.1) is 13.0 Å². The number of hydrogen-bond donors (Lipinski definition) is 3. The van der Waals surface area contributed by atoms with Gasteiger partial charge >= 0.3 is 0 Å². The van der Waals surface area contributed by atoms with Crippen LogP contribution in [0.25, 0.3) is 0 Å². The lowest BCUT2D eigenvalue weighted by Gasteiger charge is -2.30. The number of aryl methyl sites for hydroxylation is 1. The standard InChI is InChI=1S/C21H24N4O3/c1-15(26)22-18-10-8-16(9-11-18)13-20(27)23-24-21(28)14-25-12-4-6-17-5-2-3-7-19(17)25/h2-3,5,7-11H,4,6,12-14H2,1H3,(H,22,26)(H,23,27)(H,24,28). The Kier molecular flexibility index (Phi) is 6.26. The molecule has 7 heteroatoms. The Morgan fingerprint density at radius 1 is 0.964 bits per heavy atom. The normalized spacial score (nSPS) is 12.7. The van der Waals surface area contributed by atoms with E-state index >= 15 is 0 Å². The summed E-state index contributed by atoms with van der Waals surface area (Å²) < 4.78 is 0. The van der Waals surface area contributed by atoms with Crippen molar-refractivity contribution in [2.24, 2.45) is 0 Å². The van der Waals surface area contributed by atoms with Gasteiger partial charge in [-0.1, -0.05) is 30.3 Å². The average Bonchev–Trinajstić information content (AvgIpc) is 2.68. The molecule has 0 saturated carbocycles. The topological polar surface area (TPSA) is 90.5 Å². The summed E-state index contributed by atoms with van der Waals surface area (Å²) in [7, 11) is 0. The fourth-order valence-electron chi connectivity index (χ4n) is 3.27. The van der Waals surface area contributed by atoms with Crippen LogP contribution < -0.4 is 21.1 Å². The molecule has 3 N–H and O–H groups in total. The summed E-state index contributed by atoms with van der Waals surface area (Å²) in [5.41, 5.74) is 8.72. The summed E-state index contributed by atoms with van der Waals surface area (Å²) in [6.45, 7) is 2.45. The van der Waals surface area contributed by atoms with Crippen LogP contribution in [0.3, 0.4) is 0 Å². The molecule has 0 fully saturated rings. The molecule has 0 saturated heterocycles. The smallest absolute Gasteiger partial charge is 0.257 e. The van der Waals surface area contributed by atoms with E-state index < -0.39 is 0 Å². The molecule has 28 heavy (non-hydrogen) atoms. The van der Waals surface area contributed by atoms with E-state index in [4.69, 9.17) is 0 Å². The van der Waals surface area contributed by atoms with Crippen molar-refractivity contribution in [3.05, 3.63) is 59.7 Å². The van der Waals surface area contributed by atoms with Gasteiger partial charge in [-0.15, -0.1) is 0 Å². The molecule has 0 aliphatic carbocycles. The molecule has 0 radical (unpaired) electrons. The lowest BCUT2D eigenvalue weighted by molar-refractivity contribution is -0.127. The maximum Gasteiger partial charge on any atom is 0.257 e. The van der Waals surface area contributed by atoms with E-state index in [-0.39, 0.29) is 30.7 Å². The van der Waals surface area contributed by atoms with Crippen molar-refractivity contribution in [2.45, 2.75) is 26.2 Å². The SMILES string of the molecule is CC(=O)Nc1ccc(CC(=O)NNC(=O)CN2CCCc3ccccc32)cc1. The monoisotopic (exact) mass is 380 g/mol.